The summed E-state index contributed by atoms with van der Waals surface area (Å²) in [5.74, 6) is -0.0449. The van der Waals surface area contributed by atoms with Crippen LogP contribution in [0.3, 0.4) is 0 Å². The zero-order chi connectivity index (χ0) is 20.5. The summed E-state index contributed by atoms with van der Waals surface area (Å²) in [4.78, 5) is 24.2. The fourth-order valence-corrected chi connectivity index (χ4v) is 3.63. The highest BCUT2D eigenvalue weighted by Crippen LogP contribution is 2.30. The van der Waals surface area contributed by atoms with Crippen LogP contribution in [0.15, 0.2) is 55.1 Å². The first-order valence-electron chi connectivity index (χ1n) is 9.54. The van der Waals surface area contributed by atoms with E-state index in [0.29, 0.717) is 5.56 Å². The molecule has 1 amide bonds. The van der Waals surface area contributed by atoms with E-state index < -0.39 is 0 Å². The van der Waals surface area contributed by atoms with Crippen LogP contribution in [0.2, 0.25) is 0 Å². The standard InChI is InChI=1S/C23H23N5O/c1-14-9-15(2)22-19(10-14)20(11-21(27-22)18-12-25-26-13-18)23(29)28(4)16(3)17-5-7-24-8-6-17/h5-13,16H,1-4H3,(H,25,26)/t16-/m1/s1. The van der Waals surface area contributed by atoms with Crippen molar-refractivity contribution in [3.05, 3.63) is 77.4 Å². The minimum absolute atomic E-state index is 0.0449. The number of carbonyl (C=O) groups is 1. The molecule has 29 heavy (non-hydrogen) atoms. The zero-order valence-electron chi connectivity index (χ0n) is 17.0. The molecule has 0 bridgehead atoms. The summed E-state index contributed by atoms with van der Waals surface area (Å²) in [6.07, 6.45) is 7.00. The lowest BCUT2D eigenvalue weighted by Crippen LogP contribution is -2.30. The number of H-pyrrole nitrogens is 1. The van der Waals surface area contributed by atoms with Gasteiger partial charge in [-0.2, -0.15) is 5.10 Å². The highest BCUT2D eigenvalue weighted by molar-refractivity contribution is 6.08. The number of rotatable bonds is 4. The minimum atomic E-state index is -0.0861. The van der Waals surface area contributed by atoms with E-state index >= 15 is 0 Å². The van der Waals surface area contributed by atoms with Crippen LogP contribution in [0.1, 0.15) is 40.0 Å². The van der Waals surface area contributed by atoms with Gasteiger partial charge in [-0.3, -0.25) is 14.9 Å². The minimum Gasteiger partial charge on any atom is -0.335 e. The van der Waals surface area contributed by atoms with Crippen molar-refractivity contribution in [1.29, 1.82) is 0 Å². The summed E-state index contributed by atoms with van der Waals surface area (Å²) < 4.78 is 0. The highest BCUT2D eigenvalue weighted by Gasteiger charge is 2.23. The Morgan fingerprint density at radius 3 is 2.59 bits per heavy atom. The summed E-state index contributed by atoms with van der Waals surface area (Å²) in [6.45, 7) is 6.08. The van der Waals surface area contributed by atoms with Crippen molar-refractivity contribution in [2.24, 2.45) is 0 Å². The summed E-state index contributed by atoms with van der Waals surface area (Å²) in [5.41, 5.74) is 6.24. The molecule has 0 aliphatic heterocycles. The van der Waals surface area contributed by atoms with E-state index in [1.54, 1.807) is 29.7 Å². The van der Waals surface area contributed by atoms with Gasteiger partial charge in [0.1, 0.15) is 0 Å². The fraction of sp³-hybridized carbons (Fsp3) is 0.217. The van der Waals surface area contributed by atoms with Crippen LogP contribution in [0.5, 0.6) is 0 Å². The number of fused-ring (bicyclic) bond motifs is 1. The largest absolute Gasteiger partial charge is 0.335 e. The van der Waals surface area contributed by atoms with Crippen LogP contribution in [-0.4, -0.2) is 38.0 Å². The van der Waals surface area contributed by atoms with Gasteiger partial charge in [0.15, 0.2) is 0 Å². The Morgan fingerprint density at radius 2 is 1.90 bits per heavy atom. The van der Waals surface area contributed by atoms with E-state index in [4.69, 9.17) is 4.98 Å². The van der Waals surface area contributed by atoms with Gasteiger partial charge in [0, 0.05) is 36.6 Å². The van der Waals surface area contributed by atoms with Crippen LogP contribution < -0.4 is 0 Å². The summed E-state index contributed by atoms with van der Waals surface area (Å²) in [5, 5.41) is 7.72. The van der Waals surface area contributed by atoms with Gasteiger partial charge in [0.2, 0.25) is 0 Å². The summed E-state index contributed by atoms with van der Waals surface area (Å²) in [6, 6.07) is 9.77. The molecule has 0 aliphatic rings. The Morgan fingerprint density at radius 1 is 1.14 bits per heavy atom. The Bertz CT molecular complexity index is 1170. The second-order valence-corrected chi connectivity index (χ2v) is 7.39. The molecule has 4 rings (SSSR count). The van der Waals surface area contributed by atoms with Crippen molar-refractivity contribution in [3.8, 4) is 11.3 Å². The van der Waals surface area contributed by atoms with E-state index in [2.05, 4.69) is 21.2 Å². The molecule has 0 radical (unpaired) electrons. The van der Waals surface area contributed by atoms with Crippen LogP contribution in [0, 0.1) is 13.8 Å². The van der Waals surface area contributed by atoms with E-state index in [1.807, 2.05) is 52.1 Å². The summed E-state index contributed by atoms with van der Waals surface area (Å²) in [7, 11) is 1.83. The molecule has 1 aromatic carbocycles. The first-order chi connectivity index (χ1) is 14.0. The highest BCUT2D eigenvalue weighted by atomic mass is 16.2. The quantitative estimate of drug-likeness (QED) is 0.562. The van der Waals surface area contributed by atoms with Gasteiger partial charge in [-0.15, -0.1) is 0 Å². The number of amides is 1. The van der Waals surface area contributed by atoms with Crippen LogP contribution in [0.25, 0.3) is 22.2 Å². The van der Waals surface area contributed by atoms with Crippen LogP contribution in [0.4, 0.5) is 0 Å². The maximum Gasteiger partial charge on any atom is 0.254 e. The Balaban J connectivity index is 1.86. The van der Waals surface area contributed by atoms with Crippen molar-refractivity contribution in [3.63, 3.8) is 0 Å². The summed E-state index contributed by atoms with van der Waals surface area (Å²) >= 11 is 0. The fourth-order valence-electron chi connectivity index (χ4n) is 3.63. The Hall–Kier alpha value is -3.54. The number of carbonyl (C=O) groups excluding carboxylic acids is 1. The van der Waals surface area contributed by atoms with Crippen molar-refractivity contribution in [2.45, 2.75) is 26.8 Å². The van der Waals surface area contributed by atoms with Crippen molar-refractivity contribution in [1.82, 2.24) is 25.1 Å². The van der Waals surface area contributed by atoms with Crippen molar-refractivity contribution >= 4 is 16.8 Å². The monoisotopic (exact) mass is 385 g/mol. The number of pyridine rings is 2. The van der Waals surface area contributed by atoms with E-state index in [0.717, 1.165) is 38.9 Å². The molecule has 0 saturated carbocycles. The number of hydrogen-bond donors (Lipinski definition) is 1. The first kappa shape index (κ1) is 18.8. The first-order valence-corrected chi connectivity index (χ1v) is 9.54. The predicted molar refractivity (Wildman–Crippen MR) is 114 cm³/mol. The maximum absolute atomic E-state index is 13.6. The van der Waals surface area contributed by atoms with E-state index in [9.17, 15) is 4.79 Å². The smallest absolute Gasteiger partial charge is 0.254 e. The lowest BCUT2D eigenvalue weighted by molar-refractivity contribution is 0.0744. The van der Waals surface area contributed by atoms with Crippen LogP contribution >= 0.6 is 0 Å². The average Bonchev–Trinajstić information content (AvgIpc) is 3.27. The predicted octanol–water partition coefficient (Wildman–Crippen LogP) is 4.47. The zero-order valence-corrected chi connectivity index (χ0v) is 17.0. The number of aryl methyl sites for hydroxylation is 2. The molecule has 0 spiro atoms. The second kappa shape index (κ2) is 7.47. The molecule has 0 saturated heterocycles. The maximum atomic E-state index is 13.6. The number of benzene rings is 1. The molecule has 3 heterocycles. The molecule has 6 heteroatoms. The molecule has 0 aliphatic carbocycles. The molecule has 0 unspecified atom stereocenters. The van der Waals surface area contributed by atoms with Gasteiger partial charge in [-0.25, -0.2) is 4.98 Å². The van der Waals surface area contributed by atoms with E-state index in [-0.39, 0.29) is 11.9 Å². The molecule has 146 valence electrons. The van der Waals surface area contributed by atoms with Gasteiger partial charge in [-0.1, -0.05) is 11.6 Å². The number of hydrogen-bond acceptors (Lipinski definition) is 4. The normalized spacial score (nSPS) is 12.1. The van der Waals surface area contributed by atoms with E-state index in [1.165, 1.54) is 0 Å². The third-order valence-electron chi connectivity index (χ3n) is 5.36. The molecule has 6 nitrogen and oxygen atoms in total. The molecule has 4 aromatic rings. The molecule has 3 aromatic heterocycles. The molecule has 1 atom stereocenters. The average molecular weight is 385 g/mol. The van der Waals surface area contributed by atoms with Crippen molar-refractivity contribution < 1.29 is 4.79 Å². The molecule has 0 fully saturated rings. The van der Waals surface area contributed by atoms with Gasteiger partial charge in [0.25, 0.3) is 5.91 Å². The SMILES string of the molecule is Cc1cc(C)c2nc(-c3cn[nH]c3)cc(C(=O)N(C)[C@H](C)c3ccncc3)c2c1. The van der Waals surface area contributed by atoms with Gasteiger partial charge in [-0.05, 0) is 56.2 Å². The number of aromatic amines is 1. The number of aromatic nitrogens is 4. The third kappa shape index (κ3) is 3.49. The van der Waals surface area contributed by atoms with Gasteiger partial charge < -0.3 is 4.90 Å². The van der Waals surface area contributed by atoms with Crippen LogP contribution in [-0.2, 0) is 0 Å². The third-order valence-corrected chi connectivity index (χ3v) is 5.36. The number of nitrogens with zero attached hydrogens (tertiary/aromatic N) is 4. The number of nitrogens with one attached hydrogen (secondary N) is 1. The molecular formula is C23H23N5O. The second-order valence-electron chi connectivity index (χ2n) is 7.39. The Kier molecular flexibility index (Phi) is 4.84. The molecule has 1 N–H and O–H groups in total. The van der Waals surface area contributed by atoms with Crippen molar-refractivity contribution in [2.75, 3.05) is 7.05 Å². The molecular weight excluding hydrogens is 362 g/mol. The van der Waals surface area contributed by atoms with Gasteiger partial charge in [0.05, 0.1) is 29.0 Å². The van der Waals surface area contributed by atoms with Gasteiger partial charge >= 0.3 is 0 Å². The lowest BCUT2D eigenvalue weighted by atomic mass is 9.99. The Labute approximate surface area is 169 Å². The lowest BCUT2D eigenvalue weighted by Gasteiger charge is -2.26. The topological polar surface area (TPSA) is 74.8 Å².